The number of benzene rings is 2. The first-order valence-electron chi connectivity index (χ1n) is 11.1. The zero-order valence-electron chi connectivity index (χ0n) is 20.2. The standard InChI is InChI=1S/C25H33N5O4/c1-24(2,3)34-23(32)30-25(4,5)22(31)29-20(15-33-14-16-9-7-6-8-10-16)21-27-18-12-11-17(26)13-19(18)28-21/h6-13,20H,14-15,26H2,1-5H3,(H,27,28)(H,29,31)(H,30,32)/p-1/t20-/m1/s1. The van der Waals surface area contributed by atoms with E-state index in [1.165, 1.54) is 0 Å². The fraction of sp³-hybridized carbons (Fsp3) is 0.400. The van der Waals surface area contributed by atoms with Gasteiger partial charge in [0.1, 0.15) is 23.5 Å². The number of aliphatic imine (C=N–C) groups is 1. The van der Waals surface area contributed by atoms with Crippen molar-refractivity contribution in [3.63, 3.8) is 0 Å². The van der Waals surface area contributed by atoms with Gasteiger partial charge in [-0.15, -0.1) is 0 Å². The second-order valence-corrected chi connectivity index (χ2v) is 9.58. The number of hydrogen-bond acceptors (Lipinski definition) is 7. The fourth-order valence-corrected chi connectivity index (χ4v) is 3.17. The van der Waals surface area contributed by atoms with Gasteiger partial charge in [-0.25, -0.2) is 4.98 Å². The summed E-state index contributed by atoms with van der Waals surface area (Å²) in [6.07, 6.45) is -0.802. The number of imidazole rings is 1. The molecule has 9 heteroatoms. The Kier molecular flexibility index (Phi) is 7.46. The molecular weight excluding hydrogens is 434 g/mol. The van der Waals surface area contributed by atoms with Crippen LogP contribution in [0.25, 0.3) is 11.0 Å². The number of amides is 1. The molecule has 1 aromatic heterocycles. The minimum Gasteiger partial charge on any atom is -0.595 e. The van der Waals surface area contributed by atoms with Crippen LogP contribution < -0.4 is 16.2 Å². The van der Waals surface area contributed by atoms with Crippen LogP contribution in [0, 0.1) is 0 Å². The van der Waals surface area contributed by atoms with Crippen LogP contribution in [0.4, 0.5) is 5.69 Å². The van der Waals surface area contributed by atoms with Crippen LogP contribution in [-0.2, 0) is 20.9 Å². The van der Waals surface area contributed by atoms with Gasteiger partial charge < -0.3 is 30.6 Å². The first-order valence-corrected chi connectivity index (χ1v) is 11.1. The Hall–Kier alpha value is -3.59. The highest BCUT2D eigenvalue weighted by Gasteiger charge is 2.30. The molecule has 4 N–H and O–H groups in total. The molecule has 3 rings (SSSR count). The number of ether oxygens (including phenoxy) is 2. The monoisotopic (exact) mass is 466 g/mol. The number of aromatic nitrogens is 2. The zero-order chi connectivity index (χ0) is 24.9. The average Bonchev–Trinajstić information content (AvgIpc) is 3.15. The normalized spacial score (nSPS) is 13.6. The highest BCUT2D eigenvalue weighted by atomic mass is 16.6. The molecule has 0 fully saturated rings. The molecule has 182 valence electrons. The Morgan fingerprint density at radius 1 is 1.18 bits per heavy atom. The largest absolute Gasteiger partial charge is 0.595 e. The second-order valence-electron chi connectivity index (χ2n) is 9.58. The van der Waals surface area contributed by atoms with Crippen molar-refractivity contribution in [3.05, 3.63) is 59.9 Å². The number of rotatable bonds is 8. The Morgan fingerprint density at radius 3 is 2.56 bits per heavy atom. The molecule has 0 aliphatic carbocycles. The Morgan fingerprint density at radius 2 is 1.88 bits per heavy atom. The predicted octanol–water partition coefficient (Wildman–Crippen LogP) is 2.83. The van der Waals surface area contributed by atoms with E-state index in [1.54, 1.807) is 52.8 Å². The van der Waals surface area contributed by atoms with Crippen molar-refractivity contribution in [2.75, 3.05) is 12.3 Å². The summed E-state index contributed by atoms with van der Waals surface area (Å²) < 4.78 is 11.1. The molecule has 0 radical (unpaired) electrons. The number of nitrogen functional groups attached to an aromatic ring is 1. The van der Waals surface area contributed by atoms with E-state index < -0.39 is 29.2 Å². The molecular formula is C25H32N5O4-. The van der Waals surface area contributed by atoms with Crippen LogP contribution in [0.2, 0.25) is 0 Å². The van der Waals surface area contributed by atoms with Crippen LogP contribution in [-0.4, -0.2) is 39.7 Å². The van der Waals surface area contributed by atoms with Crippen LogP contribution in [0.3, 0.4) is 0 Å². The first-order chi connectivity index (χ1) is 15.9. The van der Waals surface area contributed by atoms with E-state index in [4.69, 9.17) is 15.2 Å². The molecule has 0 bridgehead atoms. The minimum atomic E-state index is -1.36. The fourth-order valence-electron chi connectivity index (χ4n) is 3.17. The summed E-state index contributed by atoms with van der Waals surface area (Å²) in [5, 5.41) is 15.1. The van der Waals surface area contributed by atoms with Gasteiger partial charge in [0.15, 0.2) is 0 Å². The summed E-state index contributed by atoms with van der Waals surface area (Å²) in [6.45, 7) is 8.83. The molecule has 34 heavy (non-hydrogen) atoms. The first kappa shape index (κ1) is 25.0. The summed E-state index contributed by atoms with van der Waals surface area (Å²) in [5.41, 5.74) is 6.87. The Balaban J connectivity index is 1.80. The van der Waals surface area contributed by atoms with Crippen LogP contribution >= 0.6 is 0 Å². The number of hydrogen-bond donors (Lipinski definition) is 3. The van der Waals surface area contributed by atoms with Crippen molar-refractivity contribution < 1.29 is 19.4 Å². The lowest BCUT2D eigenvalue weighted by atomic mass is 10.1. The van der Waals surface area contributed by atoms with Gasteiger partial charge >= 0.3 is 0 Å². The van der Waals surface area contributed by atoms with Crippen molar-refractivity contribution in [3.8, 4) is 0 Å². The zero-order valence-corrected chi connectivity index (χ0v) is 20.2. The SMILES string of the molecule is CC(C)(C)OC([O-])=NC(C)(C)C(=O)N[C@H](COCc1ccccc1)c1nc2ccc(N)cc2[nH]1. The third-order valence-electron chi connectivity index (χ3n) is 4.88. The third kappa shape index (κ3) is 6.95. The summed E-state index contributed by atoms with van der Waals surface area (Å²) in [7, 11) is 0. The summed E-state index contributed by atoms with van der Waals surface area (Å²) in [4.78, 5) is 24.9. The number of fused-ring (bicyclic) bond motifs is 1. The van der Waals surface area contributed by atoms with Gasteiger partial charge in [0, 0.05) is 11.3 Å². The molecule has 0 aliphatic heterocycles. The van der Waals surface area contributed by atoms with Crippen molar-refractivity contribution >= 4 is 28.7 Å². The number of nitrogens with two attached hydrogens (primary N) is 1. The van der Waals surface area contributed by atoms with Gasteiger partial charge in [-0.1, -0.05) is 51.1 Å². The van der Waals surface area contributed by atoms with E-state index in [-0.39, 0.29) is 6.61 Å². The Labute approximate surface area is 199 Å². The van der Waals surface area contributed by atoms with Crippen molar-refractivity contribution in [1.82, 2.24) is 15.3 Å². The van der Waals surface area contributed by atoms with Crippen LogP contribution in [0.15, 0.2) is 53.5 Å². The second kappa shape index (κ2) is 10.1. The number of nitrogens with one attached hydrogen (secondary N) is 2. The van der Waals surface area contributed by atoms with Crippen molar-refractivity contribution in [2.24, 2.45) is 4.99 Å². The lowest BCUT2D eigenvalue weighted by Gasteiger charge is -2.32. The molecule has 0 saturated heterocycles. The molecule has 2 aromatic carbocycles. The van der Waals surface area contributed by atoms with Crippen LogP contribution in [0.5, 0.6) is 0 Å². The third-order valence-corrected chi connectivity index (χ3v) is 4.88. The topological polar surface area (TPSA) is 138 Å². The molecule has 9 nitrogen and oxygen atoms in total. The van der Waals surface area contributed by atoms with Crippen molar-refractivity contribution in [1.29, 1.82) is 0 Å². The number of anilines is 1. The summed E-state index contributed by atoms with van der Waals surface area (Å²) in [6, 6.07) is 14.4. The predicted molar refractivity (Wildman–Crippen MR) is 130 cm³/mol. The van der Waals surface area contributed by atoms with Gasteiger partial charge in [0.05, 0.1) is 24.2 Å². The average molecular weight is 467 g/mol. The Bertz CT molecular complexity index is 1150. The summed E-state index contributed by atoms with van der Waals surface area (Å²) >= 11 is 0. The quantitative estimate of drug-likeness (QED) is 0.265. The lowest BCUT2D eigenvalue weighted by Crippen LogP contribution is -2.46. The highest BCUT2D eigenvalue weighted by Crippen LogP contribution is 2.21. The van der Waals surface area contributed by atoms with E-state index in [2.05, 4.69) is 20.3 Å². The highest BCUT2D eigenvalue weighted by molar-refractivity contribution is 5.88. The van der Waals surface area contributed by atoms with Gasteiger partial charge in [-0.2, -0.15) is 0 Å². The molecule has 1 atom stereocenters. The number of nitrogens with zero attached hydrogens (tertiary/aromatic N) is 2. The maximum Gasteiger partial charge on any atom is 0.248 e. The van der Waals surface area contributed by atoms with Gasteiger partial charge in [0.2, 0.25) is 5.91 Å². The molecule has 3 aromatic rings. The molecule has 1 heterocycles. The number of carbonyl (C=O) groups is 1. The summed E-state index contributed by atoms with van der Waals surface area (Å²) in [5.74, 6) is 0.0433. The smallest absolute Gasteiger partial charge is 0.248 e. The molecule has 0 unspecified atom stereocenters. The maximum atomic E-state index is 13.1. The van der Waals surface area contributed by atoms with Gasteiger partial charge in [0.25, 0.3) is 0 Å². The lowest BCUT2D eigenvalue weighted by molar-refractivity contribution is -0.261. The van der Waals surface area contributed by atoms with Gasteiger partial charge in [-0.3, -0.25) is 9.79 Å². The van der Waals surface area contributed by atoms with E-state index >= 15 is 0 Å². The molecule has 0 spiro atoms. The van der Waals surface area contributed by atoms with E-state index in [9.17, 15) is 9.90 Å². The van der Waals surface area contributed by atoms with E-state index in [0.29, 0.717) is 23.6 Å². The van der Waals surface area contributed by atoms with Crippen LogP contribution in [0.1, 0.15) is 52.0 Å². The number of carbonyl (C=O) groups excluding carboxylic acids is 1. The number of H-pyrrole nitrogens is 1. The van der Waals surface area contributed by atoms with Gasteiger partial charge in [-0.05, 0) is 37.6 Å². The molecule has 1 amide bonds. The molecule has 0 aliphatic rings. The van der Waals surface area contributed by atoms with Crippen molar-refractivity contribution in [2.45, 2.75) is 58.4 Å². The maximum absolute atomic E-state index is 13.1. The number of aromatic amines is 1. The van der Waals surface area contributed by atoms with E-state index in [0.717, 1.165) is 11.1 Å². The van der Waals surface area contributed by atoms with E-state index in [1.807, 2.05) is 30.3 Å². The molecule has 0 saturated carbocycles. The minimum absolute atomic E-state index is 0.151.